The molecule has 1 aliphatic rings. The van der Waals surface area contributed by atoms with Gasteiger partial charge in [0.15, 0.2) is 0 Å². The molecule has 0 radical (unpaired) electrons. The van der Waals surface area contributed by atoms with Gasteiger partial charge in [0.2, 0.25) is 10.0 Å². The number of methoxy groups -OCH3 is 1. The highest BCUT2D eigenvalue weighted by Gasteiger charge is 2.41. The molecule has 0 atom stereocenters. The molecule has 6 nitrogen and oxygen atoms in total. The number of piperidine rings is 1. The highest BCUT2D eigenvalue weighted by molar-refractivity contribution is 7.89. The molecule has 0 aliphatic carbocycles. The normalized spacial score (nSPS) is 17.4. The number of benzene rings is 1. The van der Waals surface area contributed by atoms with Crippen molar-refractivity contribution in [3.05, 3.63) is 52.2 Å². The van der Waals surface area contributed by atoms with E-state index in [4.69, 9.17) is 0 Å². The van der Waals surface area contributed by atoms with Gasteiger partial charge in [-0.3, -0.25) is 0 Å². The van der Waals surface area contributed by atoms with Crippen LogP contribution in [0, 0.1) is 11.3 Å². The van der Waals surface area contributed by atoms with Crippen LogP contribution in [0.3, 0.4) is 0 Å². The second-order valence-electron chi connectivity index (χ2n) is 6.07. The van der Waals surface area contributed by atoms with Crippen molar-refractivity contribution in [2.45, 2.75) is 23.2 Å². The first-order valence-corrected chi connectivity index (χ1v) is 10.4. The summed E-state index contributed by atoms with van der Waals surface area (Å²) in [6, 6.07) is 13.3. The first-order valence-electron chi connectivity index (χ1n) is 8.07. The predicted molar refractivity (Wildman–Crippen MR) is 97.4 cm³/mol. The van der Waals surface area contributed by atoms with Crippen LogP contribution in [0.4, 0.5) is 0 Å². The zero-order chi connectivity index (χ0) is 18.8. The quantitative estimate of drug-likeness (QED) is 0.749. The van der Waals surface area contributed by atoms with Crippen molar-refractivity contribution in [2.75, 3.05) is 20.2 Å². The van der Waals surface area contributed by atoms with Gasteiger partial charge in [-0.1, -0.05) is 30.3 Å². The number of rotatable bonds is 4. The van der Waals surface area contributed by atoms with E-state index >= 15 is 0 Å². The van der Waals surface area contributed by atoms with Crippen LogP contribution in [0.15, 0.2) is 46.7 Å². The Kier molecular flexibility index (Phi) is 5.14. The van der Waals surface area contributed by atoms with Crippen LogP contribution in [0.25, 0.3) is 0 Å². The minimum Gasteiger partial charge on any atom is -0.465 e. The Bertz CT molecular complexity index is 937. The van der Waals surface area contributed by atoms with Crippen LogP contribution in [-0.4, -0.2) is 38.9 Å². The van der Waals surface area contributed by atoms with Crippen molar-refractivity contribution in [3.8, 4) is 6.07 Å². The van der Waals surface area contributed by atoms with E-state index in [1.165, 1.54) is 17.5 Å². The standard InChI is InChI=1S/C18H18N2O4S2/c1-24-17(21)16-15(7-12-25-16)26(22,23)20-10-8-18(13-19,9-11-20)14-5-3-2-4-6-14/h2-7,12H,8-11H2,1H3. The van der Waals surface area contributed by atoms with Gasteiger partial charge in [0.1, 0.15) is 9.77 Å². The summed E-state index contributed by atoms with van der Waals surface area (Å²) in [5, 5.41) is 11.3. The molecule has 8 heteroatoms. The van der Waals surface area contributed by atoms with Gasteiger partial charge in [-0.05, 0) is 29.9 Å². The van der Waals surface area contributed by atoms with Crippen LogP contribution < -0.4 is 0 Å². The summed E-state index contributed by atoms with van der Waals surface area (Å²) in [5.74, 6) is -0.661. The number of nitriles is 1. The van der Waals surface area contributed by atoms with Crippen LogP contribution in [-0.2, 0) is 20.2 Å². The Labute approximate surface area is 156 Å². The second kappa shape index (κ2) is 7.19. The molecule has 1 aliphatic heterocycles. The molecule has 1 fully saturated rings. The van der Waals surface area contributed by atoms with Gasteiger partial charge in [0.25, 0.3) is 0 Å². The number of sulfonamides is 1. The molecule has 0 bridgehead atoms. The van der Waals surface area contributed by atoms with Crippen LogP contribution in [0.2, 0.25) is 0 Å². The average Bonchev–Trinajstić information content (AvgIpc) is 3.19. The van der Waals surface area contributed by atoms with E-state index in [1.54, 1.807) is 5.38 Å². The minimum absolute atomic E-state index is 0.0291. The molecule has 1 aromatic heterocycles. The Morgan fingerprint density at radius 1 is 1.23 bits per heavy atom. The van der Waals surface area contributed by atoms with E-state index in [-0.39, 0.29) is 22.9 Å². The molecule has 1 aromatic carbocycles. The van der Waals surface area contributed by atoms with Crippen LogP contribution in [0.1, 0.15) is 28.1 Å². The first-order chi connectivity index (χ1) is 12.4. The molecule has 1 saturated heterocycles. The molecule has 0 spiro atoms. The van der Waals surface area contributed by atoms with Crippen molar-refractivity contribution in [1.82, 2.24) is 4.31 Å². The van der Waals surface area contributed by atoms with Crippen LogP contribution in [0.5, 0.6) is 0 Å². The average molecular weight is 390 g/mol. The number of nitrogens with zero attached hydrogens (tertiary/aromatic N) is 2. The maximum absolute atomic E-state index is 13.0. The monoisotopic (exact) mass is 390 g/mol. The van der Waals surface area contributed by atoms with E-state index in [1.807, 2.05) is 30.3 Å². The molecular formula is C18H18N2O4S2. The molecule has 2 aromatic rings. The molecule has 0 saturated carbocycles. The maximum Gasteiger partial charge on any atom is 0.349 e. The molecule has 26 heavy (non-hydrogen) atoms. The smallest absolute Gasteiger partial charge is 0.349 e. The number of hydrogen-bond acceptors (Lipinski definition) is 6. The Morgan fingerprint density at radius 2 is 1.88 bits per heavy atom. The van der Waals surface area contributed by atoms with E-state index in [2.05, 4.69) is 10.8 Å². The van der Waals surface area contributed by atoms with Crippen molar-refractivity contribution >= 4 is 27.3 Å². The summed E-state index contributed by atoms with van der Waals surface area (Å²) in [6.07, 6.45) is 0.814. The summed E-state index contributed by atoms with van der Waals surface area (Å²) in [5.41, 5.74) is 0.220. The van der Waals surface area contributed by atoms with Crippen LogP contribution >= 0.6 is 11.3 Å². The fraction of sp³-hybridized carbons (Fsp3) is 0.333. The summed E-state index contributed by atoms with van der Waals surface area (Å²) < 4.78 is 32.0. The van der Waals surface area contributed by atoms with Gasteiger partial charge >= 0.3 is 5.97 Å². The van der Waals surface area contributed by atoms with E-state index in [9.17, 15) is 18.5 Å². The maximum atomic E-state index is 13.0. The van der Waals surface area contributed by atoms with Gasteiger partial charge in [-0.2, -0.15) is 9.57 Å². The largest absolute Gasteiger partial charge is 0.465 e. The molecule has 0 N–H and O–H groups in total. The summed E-state index contributed by atoms with van der Waals surface area (Å²) >= 11 is 1.04. The van der Waals surface area contributed by atoms with Gasteiger partial charge in [-0.15, -0.1) is 11.3 Å². The topological polar surface area (TPSA) is 87.5 Å². The predicted octanol–water partition coefficient (Wildman–Crippen LogP) is 2.78. The number of esters is 1. The summed E-state index contributed by atoms with van der Waals surface area (Å²) in [7, 11) is -2.59. The Morgan fingerprint density at radius 3 is 2.46 bits per heavy atom. The molecule has 2 heterocycles. The van der Waals surface area contributed by atoms with E-state index < -0.39 is 21.4 Å². The fourth-order valence-electron chi connectivity index (χ4n) is 3.21. The SMILES string of the molecule is COC(=O)c1sccc1S(=O)(=O)N1CCC(C#N)(c2ccccc2)CC1. The molecule has 136 valence electrons. The van der Waals surface area contributed by atoms with Gasteiger partial charge in [-0.25, -0.2) is 13.2 Å². The first kappa shape index (κ1) is 18.6. The number of thiophene rings is 1. The lowest BCUT2D eigenvalue weighted by Crippen LogP contribution is -2.44. The third-order valence-corrected chi connectivity index (χ3v) is 7.70. The molecule has 3 rings (SSSR count). The van der Waals surface area contributed by atoms with E-state index in [0.717, 1.165) is 16.9 Å². The van der Waals surface area contributed by atoms with E-state index in [0.29, 0.717) is 12.8 Å². The Hall–Kier alpha value is -2.21. The zero-order valence-corrected chi connectivity index (χ0v) is 15.8. The third-order valence-electron chi connectivity index (χ3n) is 4.73. The number of ether oxygens (including phenoxy) is 1. The van der Waals surface area contributed by atoms with Gasteiger partial charge in [0.05, 0.1) is 18.6 Å². The molecule has 0 unspecified atom stereocenters. The number of hydrogen-bond donors (Lipinski definition) is 0. The Balaban J connectivity index is 1.85. The van der Waals surface area contributed by atoms with Crippen molar-refractivity contribution < 1.29 is 17.9 Å². The van der Waals surface area contributed by atoms with Crippen molar-refractivity contribution in [3.63, 3.8) is 0 Å². The lowest BCUT2D eigenvalue weighted by molar-refractivity contribution is 0.0602. The fourth-order valence-corrected chi connectivity index (χ4v) is 5.96. The lowest BCUT2D eigenvalue weighted by atomic mass is 9.74. The van der Waals surface area contributed by atoms with Gasteiger partial charge < -0.3 is 4.74 Å². The third kappa shape index (κ3) is 3.14. The lowest BCUT2D eigenvalue weighted by Gasteiger charge is -2.36. The summed E-state index contributed by atoms with van der Waals surface area (Å²) in [6.45, 7) is 0.447. The zero-order valence-electron chi connectivity index (χ0n) is 14.2. The van der Waals surface area contributed by atoms with Crippen molar-refractivity contribution in [2.24, 2.45) is 0 Å². The number of carbonyl (C=O) groups is 1. The number of carbonyl (C=O) groups excluding carboxylic acids is 1. The molecule has 0 amide bonds. The van der Waals surface area contributed by atoms with Crippen molar-refractivity contribution in [1.29, 1.82) is 5.26 Å². The minimum atomic E-state index is -3.81. The molecular weight excluding hydrogens is 372 g/mol. The summed E-state index contributed by atoms with van der Waals surface area (Å²) in [4.78, 5) is 11.9. The van der Waals surface area contributed by atoms with Gasteiger partial charge in [0, 0.05) is 13.1 Å². The second-order valence-corrected chi connectivity index (χ2v) is 8.89. The highest BCUT2D eigenvalue weighted by Crippen LogP contribution is 2.37. The highest BCUT2D eigenvalue weighted by atomic mass is 32.2.